The van der Waals surface area contributed by atoms with Crippen molar-refractivity contribution in [1.29, 1.82) is 0 Å². The van der Waals surface area contributed by atoms with E-state index in [9.17, 15) is 4.79 Å². The molecule has 1 rings (SSSR count). The first-order valence-electron chi connectivity index (χ1n) is 6.14. The first-order valence-corrected chi connectivity index (χ1v) is 6.93. The quantitative estimate of drug-likeness (QED) is 0.841. The van der Waals surface area contributed by atoms with Gasteiger partial charge in [0.25, 0.3) is 0 Å². The number of ketones is 1. The van der Waals surface area contributed by atoms with Gasteiger partial charge >= 0.3 is 0 Å². The molecule has 0 bridgehead atoms. The summed E-state index contributed by atoms with van der Waals surface area (Å²) >= 11 is 3.45. The van der Waals surface area contributed by atoms with Gasteiger partial charge in [-0.1, -0.05) is 22.9 Å². The largest absolute Gasteiger partial charge is 0.497 e. The maximum Gasteiger partial charge on any atom is 0.151 e. The molecular formula is C14H20BrNO2. The molecule has 0 aromatic heterocycles. The van der Waals surface area contributed by atoms with Gasteiger partial charge in [0.2, 0.25) is 0 Å². The zero-order chi connectivity index (χ0) is 13.5. The molecule has 18 heavy (non-hydrogen) atoms. The highest BCUT2D eigenvalue weighted by molar-refractivity contribution is 9.10. The van der Waals surface area contributed by atoms with E-state index in [1.54, 1.807) is 7.11 Å². The number of carbonyl (C=O) groups is 1. The van der Waals surface area contributed by atoms with Crippen LogP contribution in [0.5, 0.6) is 5.75 Å². The van der Waals surface area contributed by atoms with Crippen molar-refractivity contribution < 1.29 is 9.53 Å². The summed E-state index contributed by atoms with van der Waals surface area (Å²) in [6, 6.07) is 6.05. The number of hydrogen-bond donors (Lipinski definition) is 1. The molecule has 0 spiro atoms. The number of Topliss-reactive ketones (excluding diaryl/α,β-unsaturated/α-hetero) is 1. The van der Waals surface area contributed by atoms with Gasteiger partial charge in [0, 0.05) is 16.9 Å². The molecule has 1 N–H and O–H groups in total. The molecule has 1 aromatic carbocycles. The minimum Gasteiger partial charge on any atom is -0.497 e. The molecule has 0 aliphatic heterocycles. The van der Waals surface area contributed by atoms with E-state index in [0.29, 0.717) is 19.0 Å². The van der Waals surface area contributed by atoms with Gasteiger partial charge in [-0.3, -0.25) is 4.79 Å². The predicted octanol–water partition coefficient (Wildman–Crippen LogP) is 2.96. The first kappa shape index (κ1) is 15.2. The van der Waals surface area contributed by atoms with Gasteiger partial charge < -0.3 is 10.1 Å². The molecule has 0 aliphatic carbocycles. The van der Waals surface area contributed by atoms with Gasteiger partial charge in [-0.15, -0.1) is 0 Å². The van der Waals surface area contributed by atoms with Crippen molar-refractivity contribution in [3.05, 3.63) is 28.2 Å². The summed E-state index contributed by atoms with van der Waals surface area (Å²) in [5, 5.41) is 3.20. The van der Waals surface area contributed by atoms with Crippen molar-refractivity contribution in [1.82, 2.24) is 5.32 Å². The Morgan fingerprint density at radius 2 is 2.22 bits per heavy atom. The van der Waals surface area contributed by atoms with E-state index in [4.69, 9.17) is 4.74 Å². The van der Waals surface area contributed by atoms with Crippen LogP contribution in [0.25, 0.3) is 0 Å². The zero-order valence-electron chi connectivity index (χ0n) is 11.1. The summed E-state index contributed by atoms with van der Waals surface area (Å²) in [6.45, 7) is 4.59. The van der Waals surface area contributed by atoms with Crippen LogP contribution in [0, 0.1) is 0 Å². The number of hydrogen-bond acceptors (Lipinski definition) is 3. The molecule has 1 aromatic rings. The Morgan fingerprint density at radius 1 is 1.50 bits per heavy atom. The maximum atomic E-state index is 11.9. The second kappa shape index (κ2) is 7.54. The van der Waals surface area contributed by atoms with Crippen molar-refractivity contribution in [2.75, 3.05) is 13.7 Å². The lowest BCUT2D eigenvalue weighted by molar-refractivity contribution is -0.117. The summed E-state index contributed by atoms with van der Waals surface area (Å²) in [7, 11) is 1.62. The van der Waals surface area contributed by atoms with Crippen LogP contribution in [0.15, 0.2) is 22.7 Å². The third-order valence-corrected chi connectivity index (χ3v) is 3.67. The number of benzene rings is 1. The molecule has 0 radical (unpaired) electrons. The van der Waals surface area contributed by atoms with Crippen molar-refractivity contribution in [3.63, 3.8) is 0 Å². The summed E-state index contributed by atoms with van der Waals surface area (Å²) in [6.07, 6.45) is 1.44. The van der Waals surface area contributed by atoms with E-state index < -0.39 is 0 Å². The lowest BCUT2D eigenvalue weighted by Crippen LogP contribution is -2.31. The fourth-order valence-electron chi connectivity index (χ4n) is 1.52. The molecule has 1 atom stereocenters. The smallest absolute Gasteiger partial charge is 0.151 e. The van der Waals surface area contributed by atoms with E-state index in [1.165, 1.54) is 0 Å². The van der Waals surface area contributed by atoms with Gasteiger partial charge in [0.1, 0.15) is 5.75 Å². The van der Waals surface area contributed by atoms with E-state index >= 15 is 0 Å². The highest BCUT2D eigenvalue weighted by Crippen LogP contribution is 2.22. The average molecular weight is 314 g/mol. The molecule has 0 aliphatic rings. The molecule has 0 saturated carbocycles. The fourth-order valence-corrected chi connectivity index (χ4v) is 1.91. The topological polar surface area (TPSA) is 38.3 Å². The highest BCUT2D eigenvalue weighted by atomic mass is 79.9. The van der Waals surface area contributed by atoms with Crippen molar-refractivity contribution >= 4 is 21.7 Å². The van der Waals surface area contributed by atoms with Crippen molar-refractivity contribution in [2.45, 2.75) is 32.7 Å². The Bertz CT molecular complexity index is 407. The van der Waals surface area contributed by atoms with Crippen LogP contribution in [0.3, 0.4) is 0 Å². The minimum atomic E-state index is 0.184. The van der Waals surface area contributed by atoms with Crippen LogP contribution in [-0.2, 0) is 11.2 Å². The lowest BCUT2D eigenvalue weighted by atomic mass is 10.1. The van der Waals surface area contributed by atoms with Crippen molar-refractivity contribution in [2.24, 2.45) is 0 Å². The highest BCUT2D eigenvalue weighted by Gasteiger charge is 2.09. The number of halogens is 1. The Kier molecular flexibility index (Phi) is 6.36. The zero-order valence-corrected chi connectivity index (χ0v) is 12.7. The van der Waals surface area contributed by atoms with E-state index in [2.05, 4.69) is 35.1 Å². The Morgan fingerprint density at radius 3 is 2.83 bits per heavy atom. The van der Waals surface area contributed by atoms with Gasteiger partial charge in [0.05, 0.1) is 13.7 Å². The molecule has 0 amide bonds. The third-order valence-electron chi connectivity index (χ3n) is 2.90. The standard InChI is InChI=1S/C14H20BrNO2/c1-4-10(2)16-9-12(17)7-11-8-13(18-3)5-6-14(11)15/h5-6,8,10,16H,4,7,9H2,1-3H3. The van der Waals surface area contributed by atoms with Crippen LogP contribution in [0.4, 0.5) is 0 Å². The van der Waals surface area contributed by atoms with Crippen LogP contribution >= 0.6 is 15.9 Å². The summed E-state index contributed by atoms with van der Waals surface area (Å²) < 4.78 is 6.10. The Labute approximate surface area is 117 Å². The van der Waals surface area contributed by atoms with Gasteiger partial charge in [-0.05, 0) is 37.1 Å². The molecule has 0 fully saturated rings. The molecule has 4 heteroatoms. The summed E-state index contributed by atoms with van der Waals surface area (Å²) in [5.41, 5.74) is 0.963. The predicted molar refractivity (Wildman–Crippen MR) is 77.2 cm³/mol. The number of rotatable bonds is 7. The SMILES string of the molecule is CCC(C)NCC(=O)Cc1cc(OC)ccc1Br. The molecule has 1 unspecified atom stereocenters. The number of methoxy groups -OCH3 is 1. The molecule has 0 heterocycles. The first-order chi connectivity index (χ1) is 8.56. The van der Waals surface area contributed by atoms with Gasteiger partial charge in [-0.2, -0.15) is 0 Å². The maximum absolute atomic E-state index is 11.9. The summed E-state index contributed by atoms with van der Waals surface area (Å²) in [5.74, 6) is 0.958. The lowest BCUT2D eigenvalue weighted by Gasteiger charge is -2.11. The average Bonchev–Trinajstić information content (AvgIpc) is 2.38. The number of nitrogens with one attached hydrogen (secondary N) is 1. The van der Waals surface area contributed by atoms with E-state index in [0.717, 1.165) is 22.2 Å². The minimum absolute atomic E-state index is 0.184. The van der Waals surface area contributed by atoms with Gasteiger partial charge in [0.15, 0.2) is 5.78 Å². The molecule has 0 saturated heterocycles. The molecule has 100 valence electrons. The second-order valence-electron chi connectivity index (χ2n) is 4.36. The fraction of sp³-hybridized carbons (Fsp3) is 0.500. The Balaban J connectivity index is 2.58. The van der Waals surface area contributed by atoms with Gasteiger partial charge in [-0.25, -0.2) is 0 Å². The van der Waals surface area contributed by atoms with Crippen molar-refractivity contribution in [3.8, 4) is 5.75 Å². The monoisotopic (exact) mass is 313 g/mol. The molecule has 3 nitrogen and oxygen atoms in total. The molecular weight excluding hydrogens is 294 g/mol. The van der Waals surface area contributed by atoms with Crippen LogP contribution in [0.2, 0.25) is 0 Å². The number of carbonyl (C=O) groups excluding carboxylic acids is 1. The third kappa shape index (κ3) is 4.78. The summed E-state index contributed by atoms with van der Waals surface area (Å²) in [4.78, 5) is 11.9. The normalized spacial score (nSPS) is 12.2. The number of ether oxygens (including phenoxy) is 1. The van der Waals surface area contributed by atoms with Crippen LogP contribution in [-0.4, -0.2) is 25.5 Å². The van der Waals surface area contributed by atoms with Crippen LogP contribution < -0.4 is 10.1 Å². The Hall–Kier alpha value is -0.870. The van der Waals surface area contributed by atoms with E-state index in [1.807, 2.05) is 18.2 Å². The van der Waals surface area contributed by atoms with E-state index in [-0.39, 0.29) is 5.78 Å². The van der Waals surface area contributed by atoms with Crippen LogP contribution in [0.1, 0.15) is 25.8 Å². The second-order valence-corrected chi connectivity index (χ2v) is 5.22.